The van der Waals surface area contributed by atoms with Crippen molar-refractivity contribution in [3.05, 3.63) is 75.4 Å². The Morgan fingerprint density at radius 2 is 2.00 bits per heavy atom. The number of hydrogen-bond donors (Lipinski definition) is 1. The molecule has 5 heteroatoms. The van der Waals surface area contributed by atoms with Crippen LogP contribution < -0.4 is 5.32 Å². The second-order valence-corrected chi connectivity index (χ2v) is 8.54. The van der Waals surface area contributed by atoms with E-state index in [1.54, 1.807) is 11.9 Å². The molecular weight excluding hydrogens is 383 g/mol. The zero-order valence-corrected chi connectivity index (χ0v) is 17.1. The molecule has 1 N–H and O–H groups in total. The lowest BCUT2D eigenvalue weighted by Crippen LogP contribution is -2.12. The number of nitrogens with one attached hydrogen (secondary N) is 1. The van der Waals surface area contributed by atoms with Gasteiger partial charge >= 0.3 is 0 Å². The maximum Gasteiger partial charge on any atom is 0.0645 e. The summed E-state index contributed by atoms with van der Waals surface area (Å²) in [6.45, 7) is 2.12. The highest BCUT2D eigenvalue weighted by Gasteiger charge is 2.29. The smallest absolute Gasteiger partial charge is 0.0645 e. The molecule has 0 fully saturated rings. The van der Waals surface area contributed by atoms with Crippen LogP contribution in [0.25, 0.3) is 11.3 Å². The molecule has 1 unspecified atom stereocenters. The third kappa shape index (κ3) is 3.29. The SMILES string of the molecule is CNC1CCc2c1cn(Sc1cccc(C)c1)c2-c1cc(Cl)ccc1Cl. The molecule has 0 spiro atoms. The molecule has 1 aliphatic carbocycles. The van der Waals surface area contributed by atoms with Crippen LogP contribution in [-0.2, 0) is 6.42 Å². The molecule has 26 heavy (non-hydrogen) atoms. The van der Waals surface area contributed by atoms with E-state index in [0.29, 0.717) is 11.1 Å². The van der Waals surface area contributed by atoms with E-state index in [0.717, 1.165) is 29.1 Å². The van der Waals surface area contributed by atoms with Gasteiger partial charge in [-0.25, -0.2) is 0 Å². The van der Waals surface area contributed by atoms with Crippen LogP contribution in [0.1, 0.15) is 29.2 Å². The fraction of sp³-hybridized carbons (Fsp3) is 0.238. The van der Waals surface area contributed by atoms with E-state index >= 15 is 0 Å². The van der Waals surface area contributed by atoms with E-state index in [1.165, 1.54) is 21.6 Å². The normalized spacial score (nSPS) is 16.1. The Hall–Kier alpha value is -1.39. The molecule has 0 aliphatic heterocycles. The highest BCUT2D eigenvalue weighted by atomic mass is 35.5. The van der Waals surface area contributed by atoms with Crippen LogP contribution in [0.15, 0.2) is 53.6 Å². The Kier molecular flexibility index (Phi) is 5.07. The number of fused-ring (bicyclic) bond motifs is 1. The van der Waals surface area contributed by atoms with Gasteiger partial charge < -0.3 is 5.32 Å². The van der Waals surface area contributed by atoms with Crippen molar-refractivity contribution in [2.45, 2.75) is 30.7 Å². The quantitative estimate of drug-likeness (QED) is 0.533. The van der Waals surface area contributed by atoms with Crippen molar-refractivity contribution in [1.29, 1.82) is 0 Å². The molecular formula is C21H20Cl2N2S. The zero-order chi connectivity index (χ0) is 18.3. The summed E-state index contributed by atoms with van der Waals surface area (Å²) in [6, 6.07) is 14.6. The van der Waals surface area contributed by atoms with E-state index in [9.17, 15) is 0 Å². The van der Waals surface area contributed by atoms with Crippen LogP contribution in [0.2, 0.25) is 10.0 Å². The number of halogens is 2. The first-order valence-electron chi connectivity index (χ1n) is 8.68. The first-order chi connectivity index (χ1) is 12.6. The summed E-state index contributed by atoms with van der Waals surface area (Å²) in [5.74, 6) is 0. The Balaban J connectivity index is 1.87. The van der Waals surface area contributed by atoms with Crippen molar-refractivity contribution in [3.8, 4) is 11.3 Å². The summed E-state index contributed by atoms with van der Waals surface area (Å²) >= 11 is 14.6. The number of rotatable bonds is 4. The third-order valence-electron chi connectivity index (χ3n) is 4.89. The molecule has 2 aromatic carbocycles. The van der Waals surface area contributed by atoms with Gasteiger partial charge in [0.1, 0.15) is 0 Å². The van der Waals surface area contributed by atoms with Crippen LogP contribution in [0.4, 0.5) is 0 Å². The molecule has 0 amide bonds. The van der Waals surface area contributed by atoms with Crippen molar-refractivity contribution in [3.63, 3.8) is 0 Å². The lowest BCUT2D eigenvalue weighted by molar-refractivity contribution is 0.588. The lowest BCUT2D eigenvalue weighted by Gasteiger charge is -2.13. The summed E-state index contributed by atoms with van der Waals surface area (Å²) in [5, 5.41) is 4.86. The zero-order valence-electron chi connectivity index (χ0n) is 14.7. The maximum absolute atomic E-state index is 6.56. The highest BCUT2D eigenvalue weighted by Crippen LogP contribution is 2.44. The van der Waals surface area contributed by atoms with Crippen molar-refractivity contribution < 1.29 is 0 Å². The van der Waals surface area contributed by atoms with Gasteiger partial charge in [0.2, 0.25) is 0 Å². The van der Waals surface area contributed by atoms with E-state index in [4.69, 9.17) is 23.2 Å². The topological polar surface area (TPSA) is 17.0 Å². The number of aromatic nitrogens is 1. The first-order valence-corrected chi connectivity index (χ1v) is 10.2. The van der Waals surface area contributed by atoms with Crippen LogP contribution in [-0.4, -0.2) is 11.0 Å². The van der Waals surface area contributed by atoms with E-state index in [1.807, 2.05) is 25.2 Å². The number of benzene rings is 2. The van der Waals surface area contributed by atoms with Gasteiger partial charge in [-0.1, -0.05) is 35.3 Å². The average molecular weight is 403 g/mol. The molecule has 0 bridgehead atoms. The van der Waals surface area contributed by atoms with Gasteiger partial charge in [0.25, 0.3) is 0 Å². The summed E-state index contributed by atoms with van der Waals surface area (Å²) in [7, 11) is 2.02. The van der Waals surface area contributed by atoms with Crippen molar-refractivity contribution in [2.75, 3.05) is 7.05 Å². The minimum absolute atomic E-state index is 0.390. The van der Waals surface area contributed by atoms with Gasteiger partial charge in [-0.2, -0.15) is 0 Å². The van der Waals surface area contributed by atoms with Crippen LogP contribution in [0.3, 0.4) is 0 Å². The standard InChI is InChI=1S/C21H20Cl2N2S/c1-13-4-3-5-15(10-13)26-25-12-18-16(7-9-20(18)24-2)21(25)17-11-14(22)6-8-19(17)23/h3-6,8,10-12,20,24H,7,9H2,1-2H3. The molecule has 1 aromatic heterocycles. The molecule has 1 aliphatic rings. The number of aryl methyl sites for hydroxylation is 1. The van der Waals surface area contributed by atoms with Crippen molar-refractivity contribution in [1.82, 2.24) is 9.29 Å². The Morgan fingerprint density at radius 1 is 1.15 bits per heavy atom. The van der Waals surface area contributed by atoms with E-state index in [2.05, 4.69) is 46.7 Å². The van der Waals surface area contributed by atoms with Gasteiger partial charge in [-0.05, 0) is 85.8 Å². The van der Waals surface area contributed by atoms with Crippen LogP contribution >= 0.6 is 35.1 Å². The molecule has 0 saturated heterocycles. The molecule has 4 rings (SSSR count). The predicted molar refractivity (Wildman–Crippen MR) is 112 cm³/mol. The molecule has 134 valence electrons. The average Bonchev–Trinajstić information content (AvgIpc) is 3.15. The number of nitrogens with zero attached hydrogens (tertiary/aromatic N) is 1. The monoisotopic (exact) mass is 402 g/mol. The molecule has 0 radical (unpaired) electrons. The van der Waals surface area contributed by atoms with Gasteiger partial charge in [0.05, 0.1) is 10.7 Å². The summed E-state index contributed by atoms with van der Waals surface area (Å²) in [5.41, 5.74) is 6.14. The second kappa shape index (κ2) is 7.32. The van der Waals surface area contributed by atoms with Gasteiger partial charge in [-0.3, -0.25) is 3.97 Å². The largest absolute Gasteiger partial charge is 0.313 e. The lowest BCUT2D eigenvalue weighted by atomic mass is 10.1. The summed E-state index contributed by atoms with van der Waals surface area (Å²) in [4.78, 5) is 1.21. The van der Waals surface area contributed by atoms with E-state index < -0.39 is 0 Å². The second-order valence-electron chi connectivity index (χ2n) is 6.65. The van der Waals surface area contributed by atoms with E-state index in [-0.39, 0.29) is 0 Å². The molecule has 3 aromatic rings. The third-order valence-corrected chi connectivity index (χ3v) is 6.41. The Bertz CT molecular complexity index is 965. The minimum atomic E-state index is 0.390. The van der Waals surface area contributed by atoms with Crippen molar-refractivity contribution >= 4 is 35.1 Å². The molecule has 0 saturated carbocycles. The van der Waals surface area contributed by atoms with Crippen molar-refractivity contribution in [2.24, 2.45) is 0 Å². The highest BCUT2D eigenvalue weighted by molar-refractivity contribution is 7.98. The Labute approximate surface area is 168 Å². The fourth-order valence-corrected chi connectivity index (χ4v) is 5.11. The molecule has 1 atom stereocenters. The summed E-state index contributed by atoms with van der Waals surface area (Å²) < 4.78 is 2.25. The maximum atomic E-state index is 6.56. The molecule has 1 heterocycles. The fourth-order valence-electron chi connectivity index (χ4n) is 3.66. The van der Waals surface area contributed by atoms with Crippen LogP contribution in [0.5, 0.6) is 0 Å². The predicted octanol–water partition coefficient (Wildman–Crippen LogP) is 6.53. The first kappa shape index (κ1) is 18.0. The summed E-state index contributed by atoms with van der Waals surface area (Å²) in [6.07, 6.45) is 4.41. The number of hydrogen-bond acceptors (Lipinski definition) is 2. The molecule has 2 nitrogen and oxygen atoms in total. The minimum Gasteiger partial charge on any atom is -0.313 e. The van der Waals surface area contributed by atoms with Gasteiger partial charge in [-0.15, -0.1) is 0 Å². The van der Waals surface area contributed by atoms with Gasteiger partial charge in [0, 0.05) is 27.7 Å². The van der Waals surface area contributed by atoms with Gasteiger partial charge in [0.15, 0.2) is 0 Å². The Morgan fingerprint density at radius 3 is 2.77 bits per heavy atom. The van der Waals surface area contributed by atoms with Crippen LogP contribution in [0, 0.1) is 6.92 Å².